The van der Waals surface area contributed by atoms with Gasteiger partial charge in [0, 0.05) is 11.6 Å². The Balaban J connectivity index is 1.73. The smallest absolute Gasteiger partial charge is 0.308 e. The Morgan fingerprint density at radius 2 is 1.83 bits per heavy atom. The molecule has 1 amide bonds. The second-order valence-corrected chi connectivity index (χ2v) is 6.51. The molecule has 0 saturated heterocycles. The van der Waals surface area contributed by atoms with Crippen molar-refractivity contribution in [3.05, 3.63) is 35.4 Å². The summed E-state index contributed by atoms with van der Waals surface area (Å²) >= 11 is 0. The molecule has 1 saturated carbocycles. The van der Waals surface area contributed by atoms with Gasteiger partial charge in [0.2, 0.25) is 0 Å². The minimum absolute atomic E-state index is 0.216. The Labute approximate surface area is 141 Å². The molecule has 128 valence electrons. The number of fused-ring (bicyclic) bond motifs is 1. The van der Waals surface area contributed by atoms with E-state index in [1.807, 2.05) is 30.3 Å². The molecule has 0 spiro atoms. The minimum atomic E-state index is -0.818. The van der Waals surface area contributed by atoms with Gasteiger partial charge in [-0.25, -0.2) is 0 Å². The number of hydrogen-bond acceptors (Lipinski definition) is 3. The Morgan fingerprint density at radius 3 is 2.62 bits per heavy atom. The van der Waals surface area contributed by atoms with Crippen molar-refractivity contribution in [1.82, 2.24) is 5.32 Å². The number of rotatable bonds is 3. The number of para-hydroxylation sites is 1. The number of aliphatic carboxylic acids is 1. The van der Waals surface area contributed by atoms with Gasteiger partial charge < -0.3 is 15.2 Å². The molecule has 1 heterocycles. The van der Waals surface area contributed by atoms with Crippen LogP contribution in [0.4, 0.5) is 0 Å². The van der Waals surface area contributed by atoms with Crippen LogP contribution in [0, 0.1) is 5.92 Å². The second kappa shape index (κ2) is 7.51. The molecule has 5 heteroatoms. The van der Waals surface area contributed by atoms with E-state index in [1.54, 1.807) is 0 Å². The Hall–Kier alpha value is -2.30. The first-order valence-electron chi connectivity index (χ1n) is 8.61. The van der Waals surface area contributed by atoms with Gasteiger partial charge >= 0.3 is 5.97 Å². The molecule has 1 aromatic rings. The van der Waals surface area contributed by atoms with E-state index in [0.29, 0.717) is 18.4 Å². The predicted molar refractivity (Wildman–Crippen MR) is 90.7 cm³/mol. The van der Waals surface area contributed by atoms with Crippen LogP contribution in [0.2, 0.25) is 0 Å². The molecule has 2 aliphatic rings. The monoisotopic (exact) mass is 329 g/mol. The third kappa shape index (κ3) is 3.78. The summed E-state index contributed by atoms with van der Waals surface area (Å²) in [6, 6.07) is 7.25. The third-order valence-corrected chi connectivity index (χ3v) is 4.82. The van der Waals surface area contributed by atoms with E-state index >= 15 is 0 Å². The normalized spacial score (nSPS) is 23.8. The average Bonchev–Trinajstić information content (AvgIpc) is 2.56. The van der Waals surface area contributed by atoms with E-state index in [4.69, 9.17) is 4.74 Å². The van der Waals surface area contributed by atoms with Crippen molar-refractivity contribution in [1.29, 1.82) is 0 Å². The van der Waals surface area contributed by atoms with E-state index in [-0.39, 0.29) is 18.6 Å². The van der Waals surface area contributed by atoms with Gasteiger partial charge in [0.25, 0.3) is 5.91 Å². The highest BCUT2D eigenvalue weighted by molar-refractivity contribution is 5.99. The molecule has 24 heavy (non-hydrogen) atoms. The van der Waals surface area contributed by atoms with Crippen LogP contribution in [-0.4, -0.2) is 29.6 Å². The molecule has 1 aliphatic heterocycles. The Kier molecular flexibility index (Phi) is 5.18. The van der Waals surface area contributed by atoms with E-state index in [9.17, 15) is 14.7 Å². The zero-order valence-corrected chi connectivity index (χ0v) is 13.7. The maximum absolute atomic E-state index is 12.6. The van der Waals surface area contributed by atoms with Gasteiger partial charge in [0.1, 0.15) is 12.4 Å². The van der Waals surface area contributed by atoms with Crippen LogP contribution < -0.4 is 10.1 Å². The van der Waals surface area contributed by atoms with Crippen LogP contribution in [0.15, 0.2) is 29.8 Å². The fraction of sp³-hybridized carbons (Fsp3) is 0.474. The molecule has 2 atom stereocenters. The van der Waals surface area contributed by atoms with E-state index in [1.165, 1.54) is 0 Å². The van der Waals surface area contributed by atoms with Crippen LogP contribution in [0.25, 0.3) is 6.08 Å². The molecular formula is C19H23NO4. The molecule has 2 N–H and O–H groups in total. The summed E-state index contributed by atoms with van der Waals surface area (Å²) in [5.74, 6) is -0.780. The highest BCUT2D eigenvalue weighted by Gasteiger charge is 2.31. The predicted octanol–water partition coefficient (Wildman–Crippen LogP) is 3.00. The number of amides is 1. The van der Waals surface area contributed by atoms with Gasteiger partial charge in [-0.3, -0.25) is 9.59 Å². The molecular weight excluding hydrogens is 306 g/mol. The van der Waals surface area contributed by atoms with Crippen LogP contribution in [0.1, 0.15) is 44.1 Å². The molecule has 5 nitrogen and oxygen atoms in total. The molecule has 0 radical (unpaired) electrons. The number of nitrogens with one attached hydrogen (secondary N) is 1. The summed E-state index contributed by atoms with van der Waals surface area (Å²) in [5.41, 5.74) is 1.42. The highest BCUT2D eigenvalue weighted by Crippen LogP contribution is 2.27. The van der Waals surface area contributed by atoms with Crippen molar-refractivity contribution in [3.63, 3.8) is 0 Å². The van der Waals surface area contributed by atoms with Crippen LogP contribution in [0.3, 0.4) is 0 Å². The third-order valence-electron chi connectivity index (χ3n) is 4.82. The van der Waals surface area contributed by atoms with Crippen LogP contribution in [-0.2, 0) is 9.59 Å². The van der Waals surface area contributed by atoms with Crippen molar-refractivity contribution >= 4 is 18.0 Å². The molecule has 0 bridgehead atoms. The lowest BCUT2D eigenvalue weighted by molar-refractivity contribution is -0.143. The zero-order valence-electron chi connectivity index (χ0n) is 13.7. The standard InChI is InChI=1S/C19H23NO4/c21-18(14-11-13-7-5-6-10-17(13)24-12-14)20-16-9-4-2-1-3-8-15(16)19(22)23/h5-7,10-11,15-16H,1-4,8-9,12H2,(H,20,21)(H,22,23). The van der Waals surface area contributed by atoms with Crippen LogP contribution >= 0.6 is 0 Å². The molecule has 3 rings (SSSR count). The summed E-state index contributed by atoms with van der Waals surface area (Å²) < 4.78 is 5.62. The lowest BCUT2D eigenvalue weighted by Gasteiger charge is -2.28. The summed E-state index contributed by atoms with van der Waals surface area (Å²) in [7, 11) is 0. The first-order chi connectivity index (χ1) is 11.6. The maximum atomic E-state index is 12.6. The number of carbonyl (C=O) groups is 2. The summed E-state index contributed by atoms with van der Waals surface area (Å²) in [6.07, 6.45) is 7.19. The molecule has 1 aromatic carbocycles. The van der Waals surface area contributed by atoms with Crippen molar-refractivity contribution in [2.24, 2.45) is 5.92 Å². The van der Waals surface area contributed by atoms with Gasteiger partial charge in [-0.2, -0.15) is 0 Å². The molecule has 2 unspecified atom stereocenters. The fourth-order valence-corrected chi connectivity index (χ4v) is 3.46. The SMILES string of the molecule is O=C(NC1CCCCCCC1C(=O)O)C1=Cc2ccccc2OC1. The van der Waals surface area contributed by atoms with Crippen molar-refractivity contribution in [2.75, 3.05) is 6.61 Å². The van der Waals surface area contributed by atoms with E-state index in [0.717, 1.165) is 37.0 Å². The number of carboxylic acids is 1. The first-order valence-corrected chi connectivity index (χ1v) is 8.61. The van der Waals surface area contributed by atoms with Gasteiger partial charge in [-0.15, -0.1) is 0 Å². The van der Waals surface area contributed by atoms with Crippen molar-refractivity contribution < 1.29 is 19.4 Å². The van der Waals surface area contributed by atoms with Gasteiger partial charge in [-0.05, 0) is 25.0 Å². The second-order valence-electron chi connectivity index (χ2n) is 6.51. The summed E-state index contributed by atoms with van der Waals surface area (Å²) in [6.45, 7) is 0.216. The van der Waals surface area contributed by atoms with Crippen molar-refractivity contribution in [3.8, 4) is 5.75 Å². The minimum Gasteiger partial charge on any atom is -0.488 e. The van der Waals surface area contributed by atoms with E-state index < -0.39 is 11.9 Å². The lowest BCUT2D eigenvalue weighted by atomic mass is 9.86. The fourth-order valence-electron chi connectivity index (χ4n) is 3.46. The zero-order chi connectivity index (χ0) is 16.9. The first kappa shape index (κ1) is 16.6. The lowest BCUT2D eigenvalue weighted by Crippen LogP contribution is -2.45. The number of hydrogen-bond donors (Lipinski definition) is 2. The molecule has 0 aromatic heterocycles. The summed E-state index contributed by atoms with van der Waals surface area (Å²) in [5, 5.41) is 12.4. The molecule has 1 aliphatic carbocycles. The Bertz CT molecular complexity index is 653. The van der Waals surface area contributed by atoms with Crippen LogP contribution in [0.5, 0.6) is 5.75 Å². The summed E-state index contributed by atoms with van der Waals surface area (Å²) in [4.78, 5) is 24.2. The largest absolute Gasteiger partial charge is 0.488 e. The maximum Gasteiger partial charge on any atom is 0.308 e. The van der Waals surface area contributed by atoms with Gasteiger partial charge in [0.15, 0.2) is 0 Å². The quantitative estimate of drug-likeness (QED) is 0.894. The molecule has 1 fully saturated rings. The number of carbonyl (C=O) groups excluding carboxylic acids is 1. The highest BCUT2D eigenvalue weighted by atomic mass is 16.5. The van der Waals surface area contributed by atoms with Gasteiger partial charge in [0.05, 0.1) is 11.5 Å². The van der Waals surface area contributed by atoms with Gasteiger partial charge in [-0.1, -0.05) is 43.9 Å². The van der Waals surface area contributed by atoms with Crippen molar-refractivity contribution in [2.45, 2.75) is 44.6 Å². The average molecular weight is 329 g/mol. The van der Waals surface area contributed by atoms with E-state index in [2.05, 4.69) is 5.32 Å². The number of ether oxygens (including phenoxy) is 1. The number of benzene rings is 1. The topological polar surface area (TPSA) is 75.6 Å². The Morgan fingerprint density at radius 1 is 1.08 bits per heavy atom. The number of carboxylic acid groups (broad SMARTS) is 1.